The van der Waals surface area contributed by atoms with Crippen LogP contribution >= 0.6 is 0 Å². The van der Waals surface area contributed by atoms with Crippen LogP contribution in [-0.4, -0.2) is 16.9 Å². The maximum Gasteiger partial charge on any atom is 0.144 e. The number of benzene rings is 1. The molecule has 2 rings (SSSR count). The van der Waals surface area contributed by atoms with Crippen LogP contribution in [0.5, 0.6) is 5.75 Å². The molecule has 5 heteroatoms. The molecule has 1 atom stereocenters. The Balaban J connectivity index is 2.21. The Morgan fingerprint density at radius 3 is 2.78 bits per heavy atom. The quantitative estimate of drug-likeness (QED) is 0.905. The van der Waals surface area contributed by atoms with Crippen LogP contribution in [0.2, 0.25) is 0 Å². The molecule has 0 fully saturated rings. The molecule has 2 aromatic rings. The lowest BCUT2D eigenvalue weighted by molar-refractivity contribution is 0.412. The molecule has 96 valence electrons. The van der Waals surface area contributed by atoms with Crippen molar-refractivity contribution < 1.29 is 9.13 Å². The second-order valence-corrected chi connectivity index (χ2v) is 4.09. The maximum absolute atomic E-state index is 13.1. The van der Waals surface area contributed by atoms with E-state index in [9.17, 15) is 4.39 Å². The number of anilines is 1. The molecule has 18 heavy (non-hydrogen) atoms. The van der Waals surface area contributed by atoms with Gasteiger partial charge in [-0.2, -0.15) is 5.10 Å². The average molecular weight is 249 g/mol. The molecule has 1 aromatic heterocycles. The number of aryl methyl sites for hydroxylation is 1. The Morgan fingerprint density at radius 1 is 1.39 bits per heavy atom. The Hall–Kier alpha value is -2.04. The van der Waals surface area contributed by atoms with Crippen LogP contribution in [0.4, 0.5) is 10.1 Å². The molecule has 0 aliphatic carbocycles. The summed E-state index contributed by atoms with van der Waals surface area (Å²) in [6, 6.07) is 6.42. The van der Waals surface area contributed by atoms with Gasteiger partial charge in [0.15, 0.2) is 0 Å². The smallest absolute Gasteiger partial charge is 0.144 e. The lowest BCUT2D eigenvalue weighted by atomic mass is 10.2. The van der Waals surface area contributed by atoms with Crippen LogP contribution in [0.1, 0.15) is 18.7 Å². The number of ether oxygens (including phenoxy) is 1. The zero-order chi connectivity index (χ0) is 13.1. The van der Waals surface area contributed by atoms with Gasteiger partial charge in [0.2, 0.25) is 0 Å². The third kappa shape index (κ3) is 2.45. The van der Waals surface area contributed by atoms with Crippen molar-refractivity contribution in [3.05, 3.63) is 42.0 Å². The van der Waals surface area contributed by atoms with Crippen molar-refractivity contribution in [3.63, 3.8) is 0 Å². The standard InChI is InChI=1S/C13H16FN3O/c1-9(12-6-7-15-17(12)2)16-11-5-4-10(14)8-13(11)18-3/h4-9,16H,1-3H3. The predicted octanol–water partition coefficient (Wildman–Crippen LogP) is 2.74. The van der Waals surface area contributed by atoms with Crippen molar-refractivity contribution >= 4 is 5.69 Å². The molecular weight excluding hydrogens is 233 g/mol. The van der Waals surface area contributed by atoms with Gasteiger partial charge < -0.3 is 10.1 Å². The minimum Gasteiger partial charge on any atom is -0.494 e. The lowest BCUT2D eigenvalue weighted by Gasteiger charge is -2.17. The van der Waals surface area contributed by atoms with E-state index in [0.717, 1.165) is 11.4 Å². The summed E-state index contributed by atoms with van der Waals surface area (Å²) in [5, 5.41) is 7.40. The SMILES string of the molecule is COc1cc(F)ccc1NC(C)c1ccnn1C. The van der Waals surface area contributed by atoms with E-state index in [4.69, 9.17) is 4.74 Å². The summed E-state index contributed by atoms with van der Waals surface area (Å²) >= 11 is 0. The van der Waals surface area contributed by atoms with Crippen molar-refractivity contribution in [1.82, 2.24) is 9.78 Å². The largest absolute Gasteiger partial charge is 0.494 e. The highest BCUT2D eigenvalue weighted by atomic mass is 19.1. The molecule has 1 aromatic carbocycles. The van der Waals surface area contributed by atoms with Crippen molar-refractivity contribution in [2.24, 2.45) is 7.05 Å². The Morgan fingerprint density at radius 2 is 2.17 bits per heavy atom. The van der Waals surface area contributed by atoms with Gasteiger partial charge in [0.05, 0.1) is 24.5 Å². The van der Waals surface area contributed by atoms with Crippen molar-refractivity contribution in [1.29, 1.82) is 0 Å². The fourth-order valence-electron chi connectivity index (χ4n) is 1.90. The summed E-state index contributed by atoms with van der Waals surface area (Å²) in [7, 11) is 3.41. The molecule has 1 unspecified atom stereocenters. The van der Waals surface area contributed by atoms with E-state index < -0.39 is 0 Å². The normalized spacial score (nSPS) is 12.2. The third-order valence-corrected chi connectivity index (χ3v) is 2.84. The predicted molar refractivity (Wildman–Crippen MR) is 68.2 cm³/mol. The molecule has 0 saturated heterocycles. The van der Waals surface area contributed by atoms with Crippen LogP contribution in [-0.2, 0) is 7.05 Å². The number of nitrogens with one attached hydrogen (secondary N) is 1. The van der Waals surface area contributed by atoms with E-state index in [1.54, 1.807) is 16.9 Å². The molecular formula is C13H16FN3O. The summed E-state index contributed by atoms with van der Waals surface area (Å²) in [5.41, 5.74) is 1.80. The van der Waals surface area contributed by atoms with Gasteiger partial charge in [-0.3, -0.25) is 4.68 Å². The lowest BCUT2D eigenvalue weighted by Crippen LogP contribution is -2.12. The first-order chi connectivity index (χ1) is 8.61. The summed E-state index contributed by atoms with van der Waals surface area (Å²) < 4.78 is 20.0. The van der Waals surface area contributed by atoms with E-state index >= 15 is 0 Å². The molecule has 1 heterocycles. The van der Waals surface area contributed by atoms with Crippen LogP contribution in [0.15, 0.2) is 30.5 Å². The number of hydrogen-bond donors (Lipinski definition) is 1. The molecule has 0 aliphatic heterocycles. The number of hydrogen-bond acceptors (Lipinski definition) is 3. The van der Waals surface area contributed by atoms with Crippen molar-refractivity contribution in [2.45, 2.75) is 13.0 Å². The molecule has 0 aliphatic rings. The molecule has 4 nitrogen and oxygen atoms in total. The zero-order valence-electron chi connectivity index (χ0n) is 10.6. The van der Waals surface area contributed by atoms with Crippen LogP contribution in [0, 0.1) is 5.82 Å². The average Bonchev–Trinajstić information content (AvgIpc) is 2.77. The van der Waals surface area contributed by atoms with Gasteiger partial charge in [-0.25, -0.2) is 4.39 Å². The second-order valence-electron chi connectivity index (χ2n) is 4.09. The summed E-state index contributed by atoms with van der Waals surface area (Å²) in [6.07, 6.45) is 1.75. The Labute approximate surface area is 105 Å². The first kappa shape index (κ1) is 12.4. The minimum atomic E-state index is -0.314. The van der Waals surface area contributed by atoms with Gasteiger partial charge in [-0.15, -0.1) is 0 Å². The van der Waals surface area contributed by atoms with Gasteiger partial charge in [-0.1, -0.05) is 0 Å². The van der Waals surface area contributed by atoms with Gasteiger partial charge >= 0.3 is 0 Å². The topological polar surface area (TPSA) is 39.1 Å². The van der Waals surface area contributed by atoms with Gasteiger partial charge in [0.1, 0.15) is 11.6 Å². The van der Waals surface area contributed by atoms with E-state index in [1.807, 2.05) is 20.0 Å². The molecule has 0 amide bonds. The Kier molecular flexibility index (Phi) is 3.50. The van der Waals surface area contributed by atoms with E-state index in [2.05, 4.69) is 10.4 Å². The number of methoxy groups -OCH3 is 1. The van der Waals surface area contributed by atoms with Crippen LogP contribution in [0.25, 0.3) is 0 Å². The number of aromatic nitrogens is 2. The Bertz CT molecular complexity index is 539. The van der Waals surface area contributed by atoms with Gasteiger partial charge in [0.25, 0.3) is 0 Å². The summed E-state index contributed by atoms with van der Waals surface area (Å²) in [6.45, 7) is 2.01. The minimum absolute atomic E-state index is 0.0526. The van der Waals surface area contributed by atoms with Crippen molar-refractivity contribution in [2.75, 3.05) is 12.4 Å². The fraction of sp³-hybridized carbons (Fsp3) is 0.308. The first-order valence-electron chi connectivity index (χ1n) is 5.70. The zero-order valence-corrected chi connectivity index (χ0v) is 10.6. The third-order valence-electron chi connectivity index (χ3n) is 2.84. The van der Waals surface area contributed by atoms with Crippen LogP contribution in [0.3, 0.4) is 0 Å². The number of rotatable bonds is 4. The fourth-order valence-corrected chi connectivity index (χ4v) is 1.90. The van der Waals surface area contributed by atoms with Gasteiger partial charge in [0, 0.05) is 19.3 Å². The van der Waals surface area contributed by atoms with E-state index in [1.165, 1.54) is 19.2 Å². The van der Waals surface area contributed by atoms with E-state index in [0.29, 0.717) is 5.75 Å². The molecule has 0 saturated carbocycles. The molecule has 0 spiro atoms. The molecule has 1 N–H and O–H groups in total. The highest BCUT2D eigenvalue weighted by Crippen LogP contribution is 2.28. The monoisotopic (exact) mass is 249 g/mol. The highest BCUT2D eigenvalue weighted by Gasteiger charge is 2.12. The second kappa shape index (κ2) is 5.08. The number of halogens is 1. The number of nitrogens with zero attached hydrogens (tertiary/aromatic N) is 2. The van der Waals surface area contributed by atoms with E-state index in [-0.39, 0.29) is 11.9 Å². The summed E-state index contributed by atoms with van der Waals surface area (Å²) in [4.78, 5) is 0. The van der Waals surface area contributed by atoms with Crippen LogP contribution < -0.4 is 10.1 Å². The molecule has 0 bridgehead atoms. The van der Waals surface area contributed by atoms with Gasteiger partial charge in [-0.05, 0) is 25.1 Å². The molecule has 0 radical (unpaired) electrons. The first-order valence-corrected chi connectivity index (χ1v) is 5.70. The maximum atomic E-state index is 13.1. The van der Waals surface area contributed by atoms with Crippen molar-refractivity contribution in [3.8, 4) is 5.75 Å². The summed E-state index contributed by atoms with van der Waals surface area (Å²) in [5.74, 6) is 0.176. The highest BCUT2D eigenvalue weighted by molar-refractivity contribution is 5.57.